The van der Waals surface area contributed by atoms with Crippen LogP contribution >= 0.6 is 0 Å². The molecule has 1 saturated carbocycles. The first kappa shape index (κ1) is 22.8. The number of carbonyl (C=O) groups excluding carboxylic acids is 1. The van der Waals surface area contributed by atoms with E-state index in [0.717, 1.165) is 36.2 Å². The Morgan fingerprint density at radius 1 is 1.26 bits per heavy atom. The summed E-state index contributed by atoms with van der Waals surface area (Å²) in [7, 11) is 0. The van der Waals surface area contributed by atoms with Crippen LogP contribution in [0, 0.1) is 5.92 Å². The normalized spacial score (nSPS) is 13.4. The first-order valence-corrected chi connectivity index (χ1v) is 11.8. The first-order chi connectivity index (χ1) is 17.0. The fourth-order valence-corrected chi connectivity index (χ4v) is 4.29. The van der Waals surface area contributed by atoms with E-state index >= 15 is 0 Å². The lowest BCUT2D eigenvalue weighted by Crippen LogP contribution is -2.13. The zero-order valence-corrected chi connectivity index (χ0v) is 19.8. The number of para-hydroxylation sites is 1. The fourth-order valence-electron chi connectivity index (χ4n) is 4.29. The molecule has 1 amide bonds. The zero-order valence-electron chi connectivity index (χ0n) is 19.8. The highest BCUT2D eigenvalue weighted by Crippen LogP contribution is 2.43. The second-order valence-electron chi connectivity index (χ2n) is 9.28. The molecule has 1 aliphatic rings. The summed E-state index contributed by atoms with van der Waals surface area (Å²) in [6.07, 6.45) is 5.80. The lowest BCUT2D eigenvalue weighted by Gasteiger charge is -2.14. The van der Waals surface area contributed by atoms with E-state index < -0.39 is 12.8 Å². The molecule has 0 radical (unpaired) electrons. The number of anilines is 1. The minimum Gasteiger partial charge on any atom is -0.462 e. The van der Waals surface area contributed by atoms with E-state index in [9.17, 15) is 9.18 Å². The van der Waals surface area contributed by atoms with Crippen molar-refractivity contribution in [3.05, 3.63) is 66.0 Å². The van der Waals surface area contributed by atoms with Crippen molar-refractivity contribution in [3.8, 4) is 28.3 Å². The van der Waals surface area contributed by atoms with Crippen molar-refractivity contribution in [2.45, 2.75) is 32.6 Å². The number of carbonyl (C=O) groups is 1. The van der Waals surface area contributed by atoms with Gasteiger partial charge in [0, 0.05) is 29.4 Å². The Morgan fingerprint density at radius 2 is 2.06 bits per heavy atom. The van der Waals surface area contributed by atoms with Crippen molar-refractivity contribution < 1.29 is 13.9 Å². The molecule has 1 fully saturated rings. The van der Waals surface area contributed by atoms with Gasteiger partial charge in [0.05, 0.1) is 17.6 Å². The molecule has 0 saturated heterocycles. The molecule has 7 nitrogen and oxygen atoms in total. The number of primary amides is 1. The van der Waals surface area contributed by atoms with E-state index in [1.54, 1.807) is 24.4 Å². The highest BCUT2D eigenvalue weighted by Gasteiger charge is 2.28. The summed E-state index contributed by atoms with van der Waals surface area (Å²) < 4.78 is 20.3. The first-order valence-electron chi connectivity index (χ1n) is 11.8. The number of aromatic nitrogens is 3. The standard InChI is InChI=1S/C27H28FN5O2/c1-16(2)12-30-26-27-31-13-23(18-9-10-19(25(29)34)21(11-18)17-7-8-17)33(27)14-22(32-26)20-5-3-4-6-24(20)35-15-28/h3-6,9-11,13-14,16-17H,7-8,12,15H2,1-2H3,(H2,29,34)(H,30,32). The van der Waals surface area contributed by atoms with E-state index in [-0.39, 0.29) is 0 Å². The monoisotopic (exact) mass is 473 g/mol. The molecule has 0 unspecified atom stereocenters. The number of alkyl halides is 1. The number of amides is 1. The predicted molar refractivity (Wildman–Crippen MR) is 134 cm³/mol. The van der Waals surface area contributed by atoms with E-state index in [2.05, 4.69) is 24.1 Å². The van der Waals surface area contributed by atoms with Gasteiger partial charge in [0.25, 0.3) is 0 Å². The van der Waals surface area contributed by atoms with Crippen LogP contribution in [-0.4, -0.2) is 33.7 Å². The van der Waals surface area contributed by atoms with Gasteiger partial charge in [0.2, 0.25) is 12.8 Å². The number of nitrogens with one attached hydrogen (secondary N) is 1. The molecule has 2 aromatic heterocycles. The lowest BCUT2D eigenvalue weighted by molar-refractivity contribution is 0.0999. The number of rotatable bonds is 9. The highest BCUT2D eigenvalue weighted by atomic mass is 19.1. The summed E-state index contributed by atoms with van der Waals surface area (Å²) in [5, 5.41) is 3.41. The molecule has 0 aliphatic heterocycles. The zero-order chi connectivity index (χ0) is 24.5. The minimum absolute atomic E-state index is 0.363. The third-order valence-corrected chi connectivity index (χ3v) is 6.17. The third kappa shape index (κ3) is 4.56. The quantitative estimate of drug-likeness (QED) is 0.339. The van der Waals surface area contributed by atoms with Crippen molar-refractivity contribution in [3.63, 3.8) is 0 Å². The number of ether oxygens (including phenoxy) is 1. The molecule has 180 valence electrons. The van der Waals surface area contributed by atoms with Gasteiger partial charge in [-0.3, -0.25) is 9.20 Å². The summed E-state index contributed by atoms with van der Waals surface area (Å²) in [5.41, 5.74) is 11.0. The average molecular weight is 474 g/mol. The van der Waals surface area contributed by atoms with Crippen LogP contribution in [-0.2, 0) is 0 Å². The van der Waals surface area contributed by atoms with Crippen LogP contribution < -0.4 is 15.8 Å². The predicted octanol–water partition coefficient (Wildman–Crippen LogP) is 5.41. The maximum atomic E-state index is 13.0. The number of hydrogen-bond acceptors (Lipinski definition) is 5. The molecular weight excluding hydrogens is 445 g/mol. The van der Waals surface area contributed by atoms with Crippen LogP contribution in [0.1, 0.15) is 48.5 Å². The maximum absolute atomic E-state index is 13.0. The number of imidazole rings is 1. The van der Waals surface area contributed by atoms with Crippen LogP contribution in [0.5, 0.6) is 5.75 Å². The number of nitrogens with zero attached hydrogens (tertiary/aromatic N) is 3. The fraction of sp³-hybridized carbons (Fsp3) is 0.296. The number of fused-ring (bicyclic) bond motifs is 1. The summed E-state index contributed by atoms with van der Waals surface area (Å²) >= 11 is 0. The van der Waals surface area contributed by atoms with Gasteiger partial charge >= 0.3 is 0 Å². The number of hydrogen-bond donors (Lipinski definition) is 2. The van der Waals surface area contributed by atoms with Gasteiger partial charge in [0.1, 0.15) is 5.75 Å². The van der Waals surface area contributed by atoms with Gasteiger partial charge in [-0.05, 0) is 54.5 Å². The molecule has 3 N–H and O–H groups in total. The molecule has 0 bridgehead atoms. The van der Waals surface area contributed by atoms with Crippen LogP contribution in [0.2, 0.25) is 0 Å². The van der Waals surface area contributed by atoms with Gasteiger partial charge < -0.3 is 15.8 Å². The van der Waals surface area contributed by atoms with Gasteiger partial charge in [-0.1, -0.05) is 32.0 Å². The Balaban J connectivity index is 1.68. The molecule has 2 heterocycles. The summed E-state index contributed by atoms with van der Waals surface area (Å²) in [5.74, 6) is 1.41. The number of nitrogens with two attached hydrogens (primary N) is 1. The van der Waals surface area contributed by atoms with Gasteiger partial charge in [-0.2, -0.15) is 0 Å². The lowest BCUT2D eigenvalue weighted by atomic mass is 9.98. The largest absolute Gasteiger partial charge is 0.462 e. The molecule has 4 aromatic rings. The number of halogens is 1. The highest BCUT2D eigenvalue weighted by molar-refractivity contribution is 5.95. The van der Waals surface area contributed by atoms with E-state index in [1.807, 2.05) is 34.9 Å². The average Bonchev–Trinajstić information content (AvgIpc) is 3.61. The van der Waals surface area contributed by atoms with Gasteiger partial charge in [0.15, 0.2) is 11.5 Å². The van der Waals surface area contributed by atoms with Crippen LogP contribution in [0.25, 0.3) is 28.2 Å². The smallest absolute Gasteiger partial charge is 0.248 e. The van der Waals surface area contributed by atoms with Crippen LogP contribution in [0.3, 0.4) is 0 Å². The summed E-state index contributed by atoms with van der Waals surface area (Å²) in [6, 6.07) is 13.0. The minimum atomic E-state index is -0.926. The summed E-state index contributed by atoms with van der Waals surface area (Å²) in [4.78, 5) is 21.5. The second-order valence-corrected chi connectivity index (χ2v) is 9.28. The Morgan fingerprint density at radius 3 is 2.77 bits per heavy atom. The molecule has 2 aromatic carbocycles. The van der Waals surface area contributed by atoms with Gasteiger partial charge in [-0.25, -0.2) is 14.4 Å². The second kappa shape index (κ2) is 9.37. The van der Waals surface area contributed by atoms with Gasteiger partial charge in [-0.15, -0.1) is 0 Å². The van der Waals surface area contributed by atoms with Crippen LogP contribution in [0.15, 0.2) is 54.9 Å². The maximum Gasteiger partial charge on any atom is 0.248 e. The van der Waals surface area contributed by atoms with E-state index in [4.69, 9.17) is 15.5 Å². The van der Waals surface area contributed by atoms with Crippen LogP contribution in [0.4, 0.5) is 10.2 Å². The molecule has 8 heteroatoms. The molecule has 35 heavy (non-hydrogen) atoms. The van der Waals surface area contributed by atoms with E-state index in [0.29, 0.717) is 45.9 Å². The molecule has 5 rings (SSSR count). The third-order valence-electron chi connectivity index (χ3n) is 6.17. The van der Waals surface area contributed by atoms with Crippen molar-refractivity contribution in [1.29, 1.82) is 0 Å². The van der Waals surface area contributed by atoms with Crippen molar-refractivity contribution in [1.82, 2.24) is 14.4 Å². The summed E-state index contributed by atoms with van der Waals surface area (Å²) in [6.45, 7) is 4.03. The molecular formula is C27H28FN5O2. The Kier molecular flexibility index (Phi) is 6.11. The van der Waals surface area contributed by atoms with E-state index in [1.165, 1.54) is 0 Å². The number of benzene rings is 2. The van der Waals surface area contributed by atoms with Crippen molar-refractivity contribution >= 4 is 17.4 Å². The Hall–Kier alpha value is -3.94. The van der Waals surface area contributed by atoms with Crippen molar-refractivity contribution in [2.24, 2.45) is 11.7 Å². The molecule has 0 spiro atoms. The van der Waals surface area contributed by atoms with Crippen molar-refractivity contribution in [2.75, 3.05) is 18.7 Å². The Bertz CT molecular complexity index is 1390. The SMILES string of the molecule is CC(C)CNc1nc(-c2ccccc2OCF)cn2c(-c3ccc(C(N)=O)c(C4CC4)c3)cnc12. The molecule has 1 aliphatic carbocycles. The molecule has 0 atom stereocenters. The Labute approximate surface area is 203 Å². The topological polar surface area (TPSA) is 94.5 Å².